The molecular formula is C16H22Cl2N2O3S. The van der Waals surface area contributed by atoms with Crippen LogP contribution in [0.2, 0.25) is 10.0 Å². The van der Waals surface area contributed by atoms with E-state index in [0.29, 0.717) is 48.1 Å². The highest BCUT2D eigenvalue weighted by Crippen LogP contribution is 2.25. The molecule has 1 aliphatic rings. The van der Waals surface area contributed by atoms with E-state index in [1.54, 1.807) is 18.2 Å². The number of halogens is 2. The first-order chi connectivity index (χ1) is 11.3. The number of amides is 1. The zero-order valence-electron chi connectivity index (χ0n) is 13.6. The maximum Gasteiger partial charge on any atom is 0.227 e. The molecule has 2 rings (SSSR count). The lowest BCUT2D eigenvalue weighted by Crippen LogP contribution is -2.42. The number of benzene rings is 1. The van der Waals surface area contributed by atoms with Crippen LogP contribution in [-0.2, 0) is 14.8 Å². The summed E-state index contributed by atoms with van der Waals surface area (Å²) in [6.45, 7) is 2.75. The number of nitrogens with one attached hydrogen (secondary N) is 1. The molecule has 0 atom stereocenters. The minimum Gasteiger partial charge on any atom is -0.326 e. The van der Waals surface area contributed by atoms with Crippen LogP contribution in [0, 0.1) is 5.92 Å². The van der Waals surface area contributed by atoms with Crippen LogP contribution >= 0.6 is 23.2 Å². The van der Waals surface area contributed by atoms with Crippen molar-refractivity contribution >= 4 is 44.8 Å². The second-order valence-electron chi connectivity index (χ2n) is 5.99. The number of hydrogen-bond donors (Lipinski definition) is 1. The van der Waals surface area contributed by atoms with Gasteiger partial charge in [0.05, 0.1) is 5.75 Å². The molecular weight excluding hydrogens is 371 g/mol. The summed E-state index contributed by atoms with van der Waals surface area (Å²) in [6, 6.07) is 4.86. The molecule has 134 valence electrons. The van der Waals surface area contributed by atoms with Crippen LogP contribution in [0.5, 0.6) is 0 Å². The molecule has 1 heterocycles. The summed E-state index contributed by atoms with van der Waals surface area (Å²) < 4.78 is 25.9. The number of rotatable bonds is 6. The summed E-state index contributed by atoms with van der Waals surface area (Å²) in [5.74, 6) is -0.152. The van der Waals surface area contributed by atoms with E-state index in [-0.39, 0.29) is 17.6 Å². The van der Waals surface area contributed by atoms with Crippen molar-refractivity contribution in [3.8, 4) is 0 Å². The highest BCUT2D eigenvalue weighted by atomic mass is 35.5. The number of hydrogen-bond acceptors (Lipinski definition) is 3. The van der Waals surface area contributed by atoms with Crippen molar-refractivity contribution in [2.24, 2.45) is 5.92 Å². The van der Waals surface area contributed by atoms with Gasteiger partial charge in [0.15, 0.2) is 0 Å². The van der Waals surface area contributed by atoms with Gasteiger partial charge in [0.1, 0.15) is 0 Å². The molecule has 1 aliphatic heterocycles. The number of carbonyl (C=O) groups excluding carboxylic acids is 1. The van der Waals surface area contributed by atoms with Gasteiger partial charge in [-0.05, 0) is 37.5 Å². The Morgan fingerprint density at radius 3 is 2.33 bits per heavy atom. The molecule has 0 bridgehead atoms. The monoisotopic (exact) mass is 392 g/mol. The molecule has 0 saturated carbocycles. The zero-order valence-corrected chi connectivity index (χ0v) is 15.9. The standard InChI is InChI=1S/C16H22Cl2N2O3S/c1-2-3-8-24(22,23)20-6-4-12(5-7-20)16(21)19-15-10-13(17)9-14(18)11-15/h9-12H,2-8H2,1H3,(H,19,21). The topological polar surface area (TPSA) is 66.5 Å². The third-order valence-corrected chi connectivity index (χ3v) is 6.50. The van der Waals surface area contributed by atoms with Crippen LogP contribution < -0.4 is 5.32 Å². The van der Waals surface area contributed by atoms with E-state index in [4.69, 9.17) is 23.2 Å². The molecule has 1 saturated heterocycles. The van der Waals surface area contributed by atoms with E-state index in [2.05, 4.69) is 5.32 Å². The minimum absolute atomic E-state index is 0.126. The number of unbranched alkanes of at least 4 members (excludes halogenated alkanes) is 1. The van der Waals surface area contributed by atoms with Crippen molar-refractivity contribution in [1.82, 2.24) is 4.31 Å². The highest BCUT2D eigenvalue weighted by molar-refractivity contribution is 7.89. The van der Waals surface area contributed by atoms with Gasteiger partial charge in [0.2, 0.25) is 15.9 Å². The number of sulfonamides is 1. The number of nitrogens with zero attached hydrogens (tertiary/aromatic N) is 1. The number of anilines is 1. The van der Waals surface area contributed by atoms with E-state index in [1.807, 2.05) is 6.92 Å². The molecule has 0 radical (unpaired) electrons. The third kappa shape index (κ3) is 5.34. The minimum atomic E-state index is -3.20. The Hall–Kier alpha value is -0.820. The van der Waals surface area contributed by atoms with Crippen LogP contribution in [0.25, 0.3) is 0 Å². The van der Waals surface area contributed by atoms with E-state index >= 15 is 0 Å². The molecule has 5 nitrogen and oxygen atoms in total. The second kappa shape index (κ2) is 8.52. The van der Waals surface area contributed by atoms with Crippen LogP contribution in [-0.4, -0.2) is 37.5 Å². The van der Waals surface area contributed by atoms with Gasteiger partial charge in [-0.25, -0.2) is 12.7 Å². The lowest BCUT2D eigenvalue weighted by atomic mass is 9.97. The first kappa shape index (κ1) is 19.5. The Balaban J connectivity index is 1.91. The summed E-state index contributed by atoms with van der Waals surface area (Å²) in [5, 5.41) is 3.71. The summed E-state index contributed by atoms with van der Waals surface area (Å²) in [7, 11) is -3.20. The van der Waals surface area contributed by atoms with Gasteiger partial charge in [0.25, 0.3) is 0 Å². The van der Waals surface area contributed by atoms with E-state index in [9.17, 15) is 13.2 Å². The molecule has 1 aromatic carbocycles. The normalized spacial score (nSPS) is 17.0. The Kier molecular flexibility index (Phi) is 6.92. The number of carbonyl (C=O) groups is 1. The van der Waals surface area contributed by atoms with Gasteiger partial charge in [-0.1, -0.05) is 36.5 Å². The van der Waals surface area contributed by atoms with Crippen LogP contribution in [0.3, 0.4) is 0 Å². The quantitative estimate of drug-likeness (QED) is 0.800. The second-order valence-corrected chi connectivity index (χ2v) is 8.95. The Bertz CT molecular complexity index is 666. The average molecular weight is 393 g/mol. The largest absolute Gasteiger partial charge is 0.326 e. The maximum absolute atomic E-state index is 12.4. The molecule has 0 aliphatic carbocycles. The fourth-order valence-electron chi connectivity index (χ4n) is 2.72. The van der Waals surface area contributed by atoms with Gasteiger partial charge in [-0.15, -0.1) is 0 Å². The lowest BCUT2D eigenvalue weighted by molar-refractivity contribution is -0.120. The van der Waals surface area contributed by atoms with E-state index < -0.39 is 10.0 Å². The molecule has 1 amide bonds. The van der Waals surface area contributed by atoms with Crippen molar-refractivity contribution in [3.05, 3.63) is 28.2 Å². The fraction of sp³-hybridized carbons (Fsp3) is 0.562. The Labute approximate surface area is 153 Å². The Morgan fingerprint density at radius 1 is 1.21 bits per heavy atom. The molecule has 0 unspecified atom stereocenters. The average Bonchev–Trinajstić information content (AvgIpc) is 2.52. The maximum atomic E-state index is 12.4. The van der Waals surface area contributed by atoms with Gasteiger partial charge >= 0.3 is 0 Å². The van der Waals surface area contributed by atoms with E-state index in [1.165, 1.54) is 4.31 Å². The molecule has 1 aromatic rings. The SMILES string of the molecule is CCCCS(=O)(=O)N1CCC(C(=O)Nc2cc(Cl)cc(Cl)c2)CC1. The van der Waals surface area contributed by atoms with Crippen molar-refractivity contribution in [2.75, 3.05) is 24.2 Å². The van der Waals surface area contributed by atoms with Crippen LogP contribution in [0.15, 0.2) is 18.2 Å². The Morgan fingerprint density at radius 2 is 1.79 bits per heavy atom. The van der Waals surface area contributed by atoms with Gasteiger partial charge < -0.3 is 5.32 Å². The van der Waals surface area contributed by atoms with Crippen LogP contribution in [0.1, 0.15) is 32.6 Å². The molecule has 8 heteroatoms. The summed E-state index contributed by atoms with van der Waals surface area (Å²) in [5.41, 5.74) is 0.551. The molecule has 0 aromatic heterocycles. The van der Waals surface area contributed by atoms with Crippen molar-refractivity contribution in [1.29, 1.82) is 0 Å². The van der Waals surface area contributed by atoms with Crippen molar-refractivity contribution in [2.45, 2.75) is 32.6 Å². The van der Waals surface area contributed by atoms with Crippen molar-refractivity contribution < 1.29 is 13.2 Å². The molecule has 0 spiro atoms. The number of piperidine rings is 1. The van der Waals surface area contributed by atoms with Crippen molar-refractivity contribution in [3.63, 3.8) is 0 Å². The first-order valence-electron chi connectivity index (χ1n) is 8.06. The lowest BCUT2D eigenvalue weighted by Gasteiger charge is -2.30. The summed E-state index contributed by atoms with van der Waals surface area (Å²) in [6.07, 6.45) is 2.55. The summed E-state index contributed by atoms with van der Waals surface area (Å²) >= 11 is 11.8. The summed E-state index contributed by atoms with van der Waals surface area (Å²) in [4.78, 5) is 12.4. The zero-order chi connectivity index (χ0) is 17.7. The third-order valence-electron chi connectivity index (χ3n) is 4.10. The molecule has 1 fully saturated rings. The van der Waals surface area contributed by atoms with Gasteiger partial charge in [-0.2, -0.15) is 0 Å². The predicted molar refractivity (Wildman–Crippen MR) is 98.1 cm³/mol. The van der Waals surface area contributed by atoms with Crippen LogP contribution in [0.4, 0.5) is 5.69 Å². The fourth-order valence-corrected chi connectivity index (χ4v) is 4.93. The highest BCUT2D eigenvalue weighted by Gasteiger charge is 2.30. The smallest absolute Gasteiger partial charge is 0.227 e. The van der Waals surface area contributed by atoms with Gasteiger partial charge in [-0.3, -0.25) is 4.79 Å². The van der Waals surface area contributed by atoms with Gasteiger partial charge in [0, 0.05) is 34.7 Å². The first-order valence-corrected chi connectivity index (χ1v) is 10.4. The molecule has 24 heavy (non-hydrogen) atoms. The molecule has 1 N–H and O–H groups in total. The predicted octanol–water partition coefficient (Wildman–Crippen LogP) is 3.77. The van der Waals surface area contributed by atoms with E-state index in [0.717, 1.165) is 6.42 Å².